The highest BCUT2D eigenvalue weighted by atomic mass is 35.5. The van der Waals surface area contributed by atoms with Crippen molar-refractivity contribution in [2.24, 2.45) is 0 Å². The van der Waals surface area contributed by atoms with Crippen LogP contribution in [0.25, 0.3) is 0 Å². The lowest BCUT2D eigenvalue weighted by atomic mass is 10.2. The second-order valence-corrected chi connectivity index (χ2v) is 5.87. The highest BCUT2D eigenvalue weighted by Gasteiger charge is 2.29. The summed E-state index contributed by atoms with van der Waals surface area (Å²) in [4.78, 5) is 18.2. The van der Waals surface area contributed by atoms with Crippen LogP contribution in [0.2, 0.25) is 5.15 Å². The molecule has 20 heavy (non-hydrogen) atoms. The Bertz CT molecular complexity index is 482. The fourth-order valence-electron chi connectivity index (χ4n) is 2.12. The minimum atomic E-state index is -0.464. The summed E-state index contributed by atoms with van der Waals surface area (Å²) in [5, 5.41) is 0.880. The fourth-order valence-corrected chi connectivity index (χ4v) is 3.34. The average molecular weight is 321 g/mol. The average Bonchev–Trinajstić information content (AvgIpc) is 2.80. The number of carbonyl (C=O) groups is 1. The Labute approximate surface area is 126 Å². The standard InChI is InChI=1S/C12H17ClN2O4S/c1-7-4-15(5-8(19-7)6-17-2)12-14-10(13)9(20-12)11(16)18-3/h7-8H,4-6H2,1-3H3. The number of esters is 1. The number of methoxy groups -OCH3 is 2. The Morgan fingerprint density at radius 3 is 2.95 bits per heavy atom. The number of ether oxygens (including phenoxy) is 3. The molecule has 0 N–H and O–H groups in total. The molecule has 2 atom stereocenters. The Morgan fingerprint density at radius 2 is 2.30 bits per heavy atom. The van der Waals surface area contributed by atoms with Crippen molar-refractivity contribution in [3.63, 3.8) is 0 Å². The molecule has 1 aliphatic heterocycles. The van der Waals surface area contributed by atoms with Crippen LogP contribution in [0.4, 0.5) is 5.13 Å². The maximum atomic E-state index is 11.6. The molecule has 0 saturated carbocycles. The predicted octanol–water partition coefficient (Wildman–Crippen LogP) is 1.82. The molecule has 112 valence electrons. The largest absolute Gasteiger partial charge is 0.465 e. The first-order chi connectivity index (χ1) is 9.55. The van der Waals surface area contributed by atoms with E-state index in [1.807, 2.05) is 6.92 Å². The van der Waals surface area contributed by atoms with Crippen LogP contribution in [0.15, 0.2) is 0 Å². The maximum absolute atomic E-state index is 11.6. The first kappa shape index (κ1) is 15.5. The number of carbonyl (C=O) groups excluding carboxylic acids is 1. The Morgan fingerprint density at radius 1 is 1.55 bits per heavy atom. The lowest BCUT2D eigenvalue weighted by molar-refractivity contribution is -0.0511. The van der Waals surface area contributed by atoms with E-state index in [0.29, 0.717) is 29.7 Å². The van der Waals surface area contributed by atoms with Crippen LogP contribution >= 0.6 is 22.9 Å². The normalized spacial score (nSPS) is 22.9. The van der Waals surface area contributed by atoms with Gasteiger partial charge >= 0.3 is 5.97 Å². The molecular formula is C12H17ClN2O4S. The number of morpholine rings is 1. The van der Waals surface area contributed by atoms with E-state index in [-0.39, 0.29) is 17.4 Å². The number of hydrogen-bond donors (Lipinski definition) is 0. The first-order valence-corrected chi connectivity index (χ1v) is 7.38. The maximum Gasteiger partial charge on any atom is 0.351 e. The van der Waals surface area contributed by atoms with Crippen molar-refractivity contribution in [2.75, 3.05) is 38.8 Å². The van der Waals surface area contributed by atoms with Crippen molar-refractivity contribution in [1.82, 2.24) is 4.98 Å². The number of nitrogens with zero attached hydrogens (tertiary/aromatic N) is 2. The SMILES string of the molecule is COCC1CN(c2nc(Cl)c(C(=O)OC)s2)CC(C)O1. The van der Waals surface area contributed by atoms with Crippen molar-refractivity contribution in [1.29, 1.82) is 0 Å². The van der Waals surface area contributed by atoms with Gasteiger partial charge in [-0.25, -0.2) is 9.78 Å². The summed E-state index contributed by atoms with van der Waals surface area (Å²) in [5.41, 5.74) is 0. The molecule has 0 aliphatic carbocycles. The summed E-state index contributed by atoms with van der Waals surface area (Å²) < 4.78 is 15.6. The second kappa shape index (κ2) is 6.71. The van der Waals surface area contributed by atoms with Gasteiger partial charge in [-0.2, -0.15) is 0 Å². The van der Waals surface area contributed by atoms with Gasteiger partial charge in [0, 0.05) is 20.2 Å². The highest BCUT2D eigenvalue weighted by molar-refractivity contribution is 7.18. The lowest BCUT2D eigenvalue weighted by Gasteiger charge is -2.36. The summed E-state index contributed by atoms with van der Waals surface area (Å²) in [6.07, 6.45) is 0.0427. The van der Waals surface area contributed by atoms with Crippen molar-refractivity contribution < 1.29 is 19.0 Å². The van der Waals surface area contributed by atoms with Crippen LogP contribution < -0.4 is 4.90 Å². The molecule has 1 aromatic heterocycles. The zero-order valence-corrected chi connectivity index (χ0v) is 13.2. The molecule has 2 unspecified atom stereocenters. The van der Waals surface area contributed by atoms with Gasteiger partial charge in [-0.05, 0) is 6.92 Å². The van der Waals surface area contributed by atoms with E-state index >= 15 is 0 Å². The van der Waals surface area contributed by atoms with Gasteiger partial charge in [0.2, 0.25) is 0 Å². The van der Waals surface area contributed by atoms with Crippen molar-refractivity contribution in [3.05, 3.63) is 10.0 Å². The van der Waals surface area contributed by atoms with E-state index in [4.69, 9.17) is 21.1 Å². The summed E-state index contributed by atoms with van der Waals surface area (Å²) in [5.74, 6) is -0.464. The van der Waals surface area contributed by atoms with Crippen molar-refractivity contribution in [3.8, 4) is 0 Å². The summed E-state index contributed by atoms with van der Waals surface area (Å²) in [6, 6.07) is 0. The molecular weight excluding hydrogens is 304 g/mol. The predicted molar refractivity (Wildman–Crippen MR) is 76.9 cm³/mol. The Hall–Kier alpha value is -0.890. The Balaban J connectivity index is 2.16. The summed E-state index contributed by atoms with van der Waals surface area (Å²) >= 11 is 7.22. The van der Waals surface area contributed by atoms with Crippen LogP contribution in [0, 0.1) is 0 Å². The van der Waals surface area contributed by atoms with Gasteiger partial charge < -0.3 is 19.1 Å². The molecule has 1 saturated heterocycles. The minimum Gasteiger partial charge on any atom is -0.465 e. The first-order valence-electron chi connectivity index (χ1n) is 6.19. The molecule has 1 aliphatic rings. The zero-order chi connectivity index (χ0) is 14.7. The molecule has 6 nitrogen and oxygen atoms in total. The zero-order valence-electron chi connectivity index (χ0n) is 11.6. The van der Waals surface area contributed by atoms with E-state index in [1.165, 1.54) is 18.4 Å². The third-order valence-corrected chi connectivity index (χ3v) is 4.38. The molecule has 0 spiro atoms. The summed E-state index contributed by atoms with van der Waals surface area (Å²) in [7, 11) is 2.96. The second-order valence-electron chi connectivity index (χ2n) is 4.54. The molecule has 0 bridgehead atoms. The van der Waals surface area contributed by atoms with Gasteiger partial charge in [-0.1, -0.05) is 22.9 Å². The van der Waals surface area contributed by atoms with Crippen LogP contribution in [-0.4, -0.2) is 57.1 Å². The lowest BCUT2D eigenvalue weighted by Crippen LogP contribution is -2.48. The number of rotatable bonds is 4. The molecule has 0 aromatic carbocycles. The van der Waals surface area contributed by atoms with Gasteiger partial charge in [0.1, 0.15) is 0 Å². The van der Waals surface area contributed by atoms with Crippen LogP contribution in [0.3, 0.4) is 0 Å². The van der Waals surface area contributed by atoms with E-state index in [9.17, 15) is 4.79 Å². The third-order valence-electron chi connectivity index (χ3n) is 2.89. The van der Waals surface area contributed by atoms with Gasteiger partial charge in [0.25, 0.3) is 0 Å². The van der Waals surface area contributed by atoms with Crippen LogP contribution in [-0.2, 0) is 14.2 Å². The fraction of sp³-hybridized carbons (Fsp3) is 0.667. The van der Waals surface area contributed by atoms with Gasteiger partial charge in [-0.15, -0.1) is 0 Å². The number of thiazole rings is 1. The summed E-state index contributed by atoms with van der Waals surface area (Å²) in [6.45, 7) is 3.86. The number of anilines is 1. The molecule has 2 rings (SSSR count). The van der Waals surface area contributed by atoms with E-state index in [0.717, 1.165) is 0 Å². The highest BCUT2D eigenvalue weighted by Crippen LogP contribution is 2.31. The van der Waals surface area contributed by atoms with Crippen LogP contribution in [0.1, 0.15) is 16.6 Å². The quantitative estimate of drug-likeness (QED) is 0.789. The topological polar surface area (TPSA) is 60.9 Å². The number of aromatic nitrogens is 1. The molecule has 8 heteroatoms. The minimum absolute atomic E-state index is 0.0204. The van der Waals surface area contributed by atoms with E-state index < -0.39 is 5.97 Å². The van der Waals surface area contributed by atoms with E-state index in [1.54, 1.807) is 7.11 Å². The number of halogens is 1. The molecule has 0 radical (unpaired) electrons. The molecule has 0 amide bonds. The molecule has 1 aromatic rings. The monoisotopic (exact) mass is 320 g/mol. The van der Waals surface area contributed by atoms with E-state index in [2.05, 4.69) is 14.6 Å². The van der Waals surface area contributed by atoms with Crippen LogP contribution in [0.5, 0.6) is 0 Å². The molecule has 1 fully saturated rings. The number of hydrogen-bond acceptors (Lipinski definition) is 7. The Kier molecular flexibility index (Phi) is 5.20. The smallest absolute Gasteiger partial charge is 0.351 e. The van der Waals surface area contributed by atoms with Gasteiger partial charge in [0.05, 0.1) is 25.9 Å². The van der Waals surface area contributed by atoms with Crippen molar-refractivity contribution >= 4 is 34.0 Å². The molecule has 2 heterocycles. The van der Waals surface area contributed by atoms with Gasteiger partial charge in [-0.3, -0.25) is 0 Å². The third kappa shape index (κ3) is 3.41. The van der Waals surface area contributed by atoms with Gasteiger partial charge in [0.15, 0.2) is 15.2 Å². The van der Waals surface area contributed by atoms with Crippen molar-refractivity contribution in [2.45, 2.75) is 19.1 Å².